The summed E-state index contributed by atoms with van der Waals surface area (Å²) in [5.41, 5.74) is 4.09. The highest BCUT2D eigenvalue weighted by Crippen LogP contribution is 2.25. The maximum absolute atomic E-state index is 4.01. The Balaban J connectivity index is 2.91. The monoisotopic (exact) mass is 183 g/mol. The summed E-state index contributed by atoms with van der Waals surface area (Å²) in [4.78, 5) is 0. The number of aryl methyl sites for hydroxylation is 2. The van der Waals surface area contributed by atoms with Crippen molar-refractivity contribution in [1.82, 2.24) is 0 Å². The van der Waals surface area contributed by atoms with Crippen LogP contribution >= 0.6 is 0 Å². The summed E-state index contributed by atoms with van der Waals surface area (Å²) in [6.45, 7) is 8.33. The molecule has 0 unspecified atom stereocenters. The average Bonchev–Trinajstić information content (AvgIpc) is 2.19. The van der Waals surface area contributed by atoms with Gasteiger partial charge in [0.05, 0.1) is 0 Å². The minimum absolute atomic E-state index is 0.869. The van der Waals surface area contributed by atoms with Crippen molar-refractivity contribution >= 4 is 10.8 Å². The highest BCUT2D eigenvalue weighted by atomic mass is 14.1. The number of benzene rings is 2. The Morgan fingerprint density at radius 1 is 1.00 bits per heavy atom. The normalized spacial score (nSPS) is 10.8. The Labute approximate surface area is 85.6 Å². The van der Waals surface area contributed by atoms with Gasteiger partial charge >= 0.3 is 0 Å². The van der Waals surface area contributed by atoms with Gasteiger partial charge in [0.25, 0.3) is 0 Å². The lowest BCUT2D eigenvalue weighted by atomic mass is 9.95. The van der Waals surface area contributed by atoms with E-state index in [1.54, 1.807) is 0 Å². The summed E-state index contributed by atoms with van der Waals surface area (Å²) in [5, 5.41) is 2.72. The predicted molar refractivity (Wildman–Crippen MR) is 62.5 cm³/mol. The molecular weight excluding hydrogens is 168 g/mol. The predicted octanol–water partition coefficient (Wildman–Crippen LogP) is 3.83. The summed E-state index contributed by atoms with van der Waals surface area (Å²) in [6.07, 6.45) is 0.869. The summed E-state index contributed by atoms with van der Waals surface area (Å²) in [5.74, 6) is 0. The molecule has 2 aromatic rings. The molecule has 0 saturated heterocycles. The van der Waals surface area contributed by atoms with Crippen LogP contribution in [-0.4, -0.2) is 0 Å². The van der Waals surface area contributed by atoms with Crippen LogP contribution in [0.2, 0.25) is 0 Å². The van der Waals surface area contributed by atoms with Gasteiger partial charge < -0.3 is 0 Å². The first-order valence-corrected chi connectivity index (χ1v) is 5.01. The first-order valence-electron chi connectivity index (χ1n) is 5.01. The third-order valence-corrected chi connectivity index (χ3v) is 2.85. The fourth-order valence-electron chi connectivity index (χ4n) is 2.08. The standard InChI is InChI=1S/C14H15/c1-4-13-10(2)8-9-12-7-5-6-11(3)14(12)13/h5-9H,1,4H2,2-3H3. The van der Waals surface area contributed by atoms with Crippen LogP contribution in [0.4, 0.5) is 0 Å². The van der Waals surface area contributed by atoms with Crippen molar-refractivity contribution in [2.24, 2.45) is 0 Å². The molecule has 0 aliphatic rings. The van der Waals surface area contributed by atoms with Crippen molar-refractivity contribution in [2.75, 3.05) is 0 Å². The number of hydrogen-bond donors (Lipinski definition) is 0. The molecule has 0 saturated carbocycles. The molecule has 71 valence electrons. The molecule has 0 bridgehead atoms. The van der Waals surface area contributed by atoms with E-state index in [1.807, 2.05) is 0 Å². The fraction of sp³-hybridized carbons (Fsp3) is 0.214. The minimum atomic E-state index is 0.869. The molecule has 2 rings (SSSR count). The van der Waals surface area contributed by atoms with Gasteiger partial charge in [-0.15, -0.1) is 0 Å². The van der Waals surface area contributed by atoms with Gasteiger partial charge in [-0.2, -0.15) is 0 Å². The Morgan fingerprint density at radius 3 is 2.50 bits per heavy atom. The zero-order valence-electron chi connectivity index (χ0n) is 8.80. The third-order valence-electron chi connectivity index (χ3n) is 2.85. The second-order valence-electron chi connectivity index (χ2n) is 3.78. The Kier molecular flexibility index (Phi) is 2.28. The zero-order valence-corrected chi connectivity index (χ0v) is 8.80. The molecule has 0 N–H and O–H groups in total. The topological polar surface area (TPSA) is 0 Å². The van der Waals surface area contributed by atoms with Crippen molar-refractivity contribution in [3.8, 4) is 0 Å². The molecule has 0 heterocycles. The van der Waals surface area contributed by atoms with Crippen LogP contribution in [0.15, 0.2) is 30.3 Å². The van der Waals surface area contributed by atoms with Crippen molar-refractivity contribution in [1.29, 1.82) is 0 Å². The number of fused-ring (bicyclic) bond motifs is 1. The van der Waals surface area contributed by atoms with Gasteiger partial charge in [-0.25, -0.2) is 0 Å². The van der Waals surface area contributed by atoms with Crippen LogP contribution in [-0.2, 0) is 6.42 Å². The van der Waals surface area contributed by atoms with Crippen molar-refractivity contribution in [3.63, 3.8) is 0 Å². The van der Waals surface area contributed by atoms with E-state index in [-0.39, 0.29) is 0 Å². The van der Waals surface area contributed by atoms with E-state index < -0.39 is 0 Å². The lowest BCUT2D eigenvalue weighted by molar-refractivity contribution is 1.23. The lowest BCUT2D eigenvalue weighted by Crippen LogP contribution is -1.91. The van der Waals surface area contributed by atoms with Gasteiger partial charge in [0, 0.05) is 0 Å². The Hall–Kier alpha value is -1.30. The van der Waals surface area contributed by atoms with Gasteiger partial charge in [-0.1, -0.05) is 30.3 Å². The maximum Gasteiger partial charge on any atom is -0.0120 e. The largest absolute Gasteiger partial charge is 0.0614 e. The quantitative estimate of drug-likeness (QED) is 0.630. The summed E-state index contributed by atoms with van der Waals surface area (Å²) < 4.78 is 0. The molecule has 14 heavy (non-hydrogen) atoms. The second kappa shape index (κ2) is 3.45. The van der Waals surface area contributed by atoms with E-state index in [1.165, 1.54) is 27.5 Å². The highest BCUT2D eigenvalue weighted by molar-refractivity contribution is 5.89. The Morgan fingerprint density at radius 2 is 1.79 bits per heavy atom. The smallest absolute Gasteiger partial charge is 0.0120 e. The van der Waals surface area contributed by atoms with Crippen LogP contribution in [0.5, 0.6) is 0 Å². The molecule has 0 atom stereocenters. The van der Waals surface area contributed by atoms with E-state index in [4.69, 9.17) is 0 Å². The van der Waals surface area contributed by atoms with Gasteiger partial charge in [0.2, 0.25) is 0 Å². The van der Waals surface area contributed by atoms with Crippen LogP contribution in [0.1, 0.15) is 16.7 Å². The number of hydrogen-bond acceptors (Lipinski definition) is 0. The molecule has 0 nitrogen and oxygen atoms in total. The molecule has 0 spiro atoms. The molecule has 1 radical (unpaired) electrons. The van der Waals surface area contributed by atoms with E-state index >= 15 is 0 Å². The summed E-state index contributed by atoms with van der Waals surface area (Å²) in [6, 6.07) is 10.8. The van der Waals surface area contributed by atoms with Crippen LogP contribution in [0, 0.1) is 20.8 Å². The molecular formula is C14H15. The van der Waals surface area contributed by atoms with Crippen molar-refractivity contribution in [2.45, 2.75) is 20.3 Å². The molecule has 0 amide bonds. The van der Waals surface area contributed by atoms with E-state index in [2.05, 4.69) is 51.1 Å². The van der Waals surface area contributed by atoms with E-state index in [0.29, 0.717) is 0 Å². The average molecular weight is 183 g/mol. The van der Waals surface area contributed by atoms with Crippen molar-refractivity contribution in [3.05, 3.63) is 53.9 Å². The number of rotatable bonds is 1. The zero-order chi connectivity index (χ0) is 10.1. The summed E-state index contributed by atoms with van der Waals surface area (Å²) in [7, 11) is 0. The van der Waals surface area contributed by atoms with E-state index in [0.717, 1.165) is 6.42 Å². The highest BCUT2D eigenvalue weighted by Gasteiger charge is 2.04. The van der Waals surface area contributed by atoms with Crippen LogP contribution < -0.4 is 0 Å². The third kappa shape index (κ3) is 1.31. The van der Waals surface area contributed by atoms with Gasteiger partial charge in [-0.3, -0.25) is 0 Å². The van der Waals surface area contributed by atoms with Crippen molar-refractivity contribution < 1.29 is 0 Å². The SMILES string of the molecule is [CH2]Cc1c(C)ccc2cccc(C)c12. The summed E-state index contributed by atoms with van der Waals surface area (Å²) >= 11 is 0. The van der Waals surface area contributed by atoms with Gasteiger partial charge in [0.1, 0.15) is 0 Å². The molecule has 0 heteroatoms. The molecule has 0 aromatic heterocycles. The Bertz CT molecular complexity index is 467. The first kappa shape index (κ1) is 9.26. The first-order chi connectivity index (χ1) is 6.74. The van der Waals surface area contributed by atoms with E-state index in [9.17, 15) is 0 Å². The maximum atomic E-state index is 4.01. The molecule has 0 fully saturated rings. The lowest BCUT2D eigenvalue weighted by Gasteiger charge is -2.10. The van der Waals surface area contributed by atoms with Gasteiger partial charge in [-0.05, 0) is 54.7 Å². The second-order valence-corrected chi connectivity index (χ2v) is 3.78. The van der Waals surface area contributed by atoms with Crippen LogP contribution in [0.25, 0.3) is 10.8 Å². The molecule has 0 aliphatic heterocycles. The molecule has 0 aliphatic carbocycles. The fourth-order valence-corrected chi connectivity index (χ4v) is 2.08. The minimum Gasteiger partial charge on any atom is -0.0614 e. The molecule has 2 aromatic carbocycles. The van der Waals surface area contributed by atoms with Crippen LogP contribution in [0.3, 0.4) is 0 Å². The van der Waals surface area contributed by atoms with Gasteiger partial charge in [0.15, 0.2) is 0 Å².